The first-order valence-corrected chi connectivity index (χ1v) is 6.83. The van der Waals surface area contributed by atoms with Gasteiger partial charge in [0.05, 0.1) is 10.7 Å². The lowest BCUT2D eigenvalue weighted by Gasteiger charge is -2.45. The van der Waals surface area contributed by atoms with Crippen LogP contribution >= 0.6 is 11.6 Å². The second kappa shape index (κ2) is 5.91. The second-order valence-electron chi connectivity index (χ2n) is 5.06. The molecule has 1 aliphatic rings. The van der Waals surface area contributed by atoms with Crippen LogP contribution in [0, 0.1) is 0 Å². The van der Waals surface area contributed by atoms with Gasteiger partial charge in [0.25, 0.3) is 0 Å². The molecule has 0 saturated carbocycles. The summed E-state index contributed by atoms with van der Waals surface area (Å²) >= 11 is 6.28. The lowest BCUT2D eigenvalue weighted by Crippen LogP contribution is -2.56. The van der Waals surface area contributed by atoms with E-state index in [4.69, 9.17) is 16.7 Å². The predicted octanol–water partition coefficient (Wildman–Crippen LogP) is 2.23. The molecule has 2 unspecified atom stereocenters. The summed E-state index contributed by atoms with van der Waals surface area (Å²) in [6.45, 7) is 4.37. The Morgan fingerprint density at radius 1 is 1.33 bits per heavy atom. The van der Waals surface area contributed by atoms with Gasteiger partial charge in [-0.05, 0) is 32.5 Å². The Balaban J connectivity index is 2.19. The van der Waals surface area contributed by atoms with Gasteiger partial charge >= 0.3 is 0 Å². The van der Waals surface area contributed by atoms with Crippen LogP contribution in [0.5, 0.6) is 0 Å². The van der Waals surface area contributed by atoms with Gasteiger partial charge in [-0.2, -0.15) is 0 Å². The van der Waals surface area contributed by atoms with E-state index in [1.165, 1.54) is 0 Å². The lowest BCUT2D eigenvalue weighted by atomic mass is 10.0. The van der Waals surface area contributed by atoms with Crippen molar-refractivity contribution in [2.75, 3.05) is 31.6 Å². The molecular formula is C14H21ClN2O. The molecule has 1 aliphatic heterocycles. The largest absolute Gasteiger partial charge is 0.396 e. The number of halogens is 1. The summed E-state index contributed by atoms with van der Waals surface area (Å²) in [6, 6.07) is 8.81. The van der Waals surface area contributed by atoms with Crippen molar-refractivity contribution >= 4 is 17.3 Å². The third-order valence-corrected chi connectivity index (χ3v) is 4.06. The number of benzene rings is 1. The minimum absolute atomic E-state index is 0.236. The second-order valence-corrected chi connectivity index (χ2v) is 5.47. The summed E-state index contributed by atoms with van der Waals surface area (Å²) in [5, 5.41) is 9.94. The molecule has 1 fully saturated rings. The number of hydrogen-bond donors (Lipinski definition) is 1. The molecule has 2 rings (SSSR count). The van der Waals surface area contributed by atoms with Crippen LogP contribution in [0.3, 0.4) is 0 Å². The van der Waals surface area contributed by atoms with Crippen molar-refractivity contribution in [1.82, 2.24) is 4.90 Å². The SMILES string of the molecule is CC1CN(C)C(CCO)CN1c1ccccc1Cl. The normalized spacial score (nSPS) is 25.4. The molecule has 0 amide bonds. The Hall–Kier alpha value is -0.770. The van der Waals surface area contributed by atoms with Gasteiger partial charge in [-0.15, -0.1) is 0 Å². The number of aliphatic hydroxyl groups excluding tert-OH is 1. The maximum Gasteiger partial charge on any atom is 0.0639 e. The van der Waals surface area contributed by atoms with Crippen LogP contribution < -0.4 is 4.90 Å². The molecule has 0 radical (unpaired) electrons. The third-order valence-electron chi connectivity index (χ3n) is 3.74. The fourth-order valence-electron chi connectivity index (χ4n) is 2.69. The zero-order valence-corrected chi connectivity index (χ0v) is 11.8. The lowest BCUT2D eigenvalue weighted by molar-refractivity contribution is 0.154. The van der Waals surface area contributed by atoms with E-state index in [0.717, 1.165) is 30.2 Å². The van der Waals surface area contributed by atoms with E-state index in [0.29, 0.717) is 12.1 Å². The first-order chi connectivity index (χ1) is 8.63. The number of anilines is 1. The van der Waals surface area contributed by atoms with Gasteiger partial charge in [0.1, 0.15) is 0 Å². The van der Waals surface area contributed by atoms with Crippen molar-refractivity contribution in [3.8, 4) is 0 Å². The highest BCUT2D eigenvalue weighted by atomic mass is 35.5. The van der Waals surface area contributed by atoms with E-state index in [9.17, 15) is 0 Å². The van der Waals surface area contributed by atoms with Crippen LogP contribution in [0.15, 0.2) is 24.3 Å². The first kappa shape index (κ1) is 13.7. The molecule has 2 atom stereocenters. The van der Waals surface area contributed by atoms with Gasteiger partial charge in [-0.3, -0.25) is 4.90 Å². The van der Waals surface area contributed by atoms with Crippen molar-refractivity contribution in [3.05, 3.63) is 29.3 Å². The van der Waals surface area contributed by atoms with Crippen molar-refractivity contribution in [3.63, 3.8) is 0 Å². The number of para-hydroxylation sites is 1. The molecule has 1 aromatic carbocycles. The van der Waals surface area contributed by atoms with Crippen LogP contribution in [0.1, 0.15) is 13.3 Å². The van der Waals surface area contributed by atoms with E-state index >= 15 is 0 Å². The van der Waals surface area contributed by atoms with Crippen molar-refractivity contribution in [1.29, 1.82) is 0 Å². The smallest absolute Gasteiger partial charge is 0.0639 e. The maximum absolute atomic E-state index is 9.14. The number of piperazine rings is 1. The Bertz CT molecular complexity index is 399. The fraction of sp³-hybridized carbons (Fsp3) is 0.571. The zero-order chi connectivity index (χ0) is 13.1. The summed E-state index contributed by atoms with van der Waals surface area (Å²) < 4.78 is 0. The number of rotatable bonds is 3. The van der Waals surface area contributed by atoms with Crippen LogP contribution in [0.4, 0.5) is 5.69 Å². The molecule has 3 nitrogen and oxygen atoms in total. The van der Waals surface area contributed by atoms with Gasteiger partial charge in [-0.1, -0.05) is 23.7 Å². The Morgan fingerprint density at radius 2 is 2.06 bits per heavy atom. The van der Waals surface area contributed by atoms with Crippen LogP contribution in [0.25, 0.3) is 0 Å². The third kappa shape index (κ3) is 2.79. The van der Waals surface area contributed by atoms with Gasteiger partial charge in [0.2, 0.25) is 0 Å². The minimum atomic E-state index is 0.236. The number of nitrogens with zero attached hydrogens (tertiary/aromatic N) is 2. The van der Waals surface area contributed by atoms with Gasteiger partial charge in [0, 0.05) is 31.8 Å². The molecule has 1 N–H and O–H groups in total. The predicted molar refractivity (Wildman–Crippen MR) is 76.4 cm³/mol. The van der Waals surface area contributed by atoms with E-state index < -0.39 is 0 Å². The molecule has 18 heavy (non-hydrogen) atoms. The summed E-state index contributed by atoms with van der Waals surface area (Å²) in [6.07, 6.45) is 0.810. The molecule has 1 saturated heterocycles. The van der Waals surface area contributed by atoms with Crippen molar-refractivity contribution in [2.24, 2.45) is 0 Å². The molecule has 0 aromatic heterocycles. The topological polar surface area (TPSA) is 26.7 Å². The standard InChI is InChI=1S/C14H21ClN2O/c1-11-9-16(2)12(7-8-18)10-17(11)14-6-4-3-5-13(14)15/h3-6,11-12,18H,7-10H2,1-2H3. The van der Waals surface area contributed by atoms with E-state index in [2.05, 4.69) is 29.8 Å². The number of aliphatic hydroxyl groups is 1. The Morgan fingerprint density at radius 3 is 2.72 bits per heavy atom. The van der Waals surface area contributed by atoms with Crippen LogP contribution in [-0.4, -0.2) is 48.8 Å². The maximum atomic E-state index is 9.14. The molecule has 100 valence electrons. The van der Waals surface area contributed by atoms with E-state index in [1.807, 2.05) is 18.2 Å². The summed E-state index contributed by atoms with van der Waals surface area (Å²) in [4.78, 5) is 4.68. The Labute approximate surface area is 114 Å². The van der Waals surface area contributed by atoms with E-state index in [-0.39, 0.29) is 6.61 Å². The average molecular weight is 269 g/mol. The zero-order valence-electron chi connectivity index (χ0n) is 11.0. The van der Waals surface area contributed by atoms with Gasteiger partial charge < -0.3 is 10.0 Å². The molecule has 1 aromatic rings. The van der Waals surface area contributed by atoms with Gasteiger partial charge in [-0.25, -0.2) is 0 Å². The molecule has 4 heteroatoms. The molecule has 0 aliphatic carbocycles. The van der Waals surface area contributed by atoms with E-state index in [1.54, 1.807) is 0 Å². The number of hydrogen-bond acceptors (Lipinski definition) is 3. The molecule has 1 heterocycles. The van der Waals surface area contributed by atoms with Crippen LogP contribution in [-0.2, 0) is 0 Å². The van der Waals surface area contributed by atoms with Crippen molar-refractivity contribution < 1.29 is 5.11 Å². The monoisotopic (exact) mass is 268 g/mol. The highest BCUT2D eigenvalue weighted by Crippen LogP contribution is 2.30. The summed E-state index contributed by atoms with van der Waals surface area (Å²) in [7, 11) is 2.13. The molecule has 0 spiro atoms. The number of likely N-dealkylation sites (N-methyl/N-ethyl adjacent to an activating group) is 1. The summed E-state index contributed by atoms with van der Waals surface area (Å²) in [5.74, 6) is 0. The molecular weight excluding hydrogens is 248 g/mol. The summed E-state index contributed by atoms with van der Waals surface area (Å²) in [5.41, 5.74) is 1.10. The minimum Gasteiger partial charge on any atom is -0.396 e. The molecule has 0 bridgehead atoms. The van der Waals surface area contributed by atoms with Gasteiger partial charge in [0.15, 0.2) is 0 Å². The Kier molecular flexibility index (Phi) is 4.49. The quantitative estimate of drug-likeness (QED) is 0.911. The average Bonchev–Trinajstić information content (AvgIpc) is 2.34. The fourth-order valence-corrected chi connectivity index (χ4v) is 2.94. The first-order valence-electron chi connectivity index (χ1n) is 6.45. The highest BCUT2D eigenvalue weighted by molar-refractivity contribution is 6.33. The highest BCUT2D eigenvalue weighted by Gasteiger charge is 2.29. The van der Waals surface area contributed by atoms with Crippen molar-refractivity contribution in [2.45, 2.75) is 25.4 Å². The van der Waals surface area contributed by atoms with Crippen LogP contribution in [0.2, 0.25) is 5.02 Å².